The highest BCUT2D eigenvalue weighted by Crippen LogP contribution is 1.86. The van der Waals surface area contributed by atoms with Crippen molar-refractivity contribution in [3.8, 4) is 0 Å². The summed E-state index contributed by atoms with van der Waals surface area (Å²) in [6, 6.07) is 0.173. The van der Waals surface area contributed by atoms with Crippen LogP contribution in [-0.2, 0) is 4.79 Å². The normalized spacial score (nSPS) is 12.9. The number of amidine groups is 1. The number of ketones is 1. The van der Waals surface area contributed by atoms with Gasteiger partial charge in [-0.15, -0.1) is 0 Å². The molecule has 62 valence electrons. The topological polar surface area (TPSA) is 55.5 Å². The zero-order chi connectivity index (χ0) is 8.85. The average molecular weight is 154 g/mol. The first-order chi connectivity index (χ1) is 5.02. The van der Waals surface area contributed by atoms with Gasteiger partial charge in [0, 0.05) is 6.04 Å². The molecule has 2 N–H and O–H groups in total. The van der Waals surface area contributed by atoms with Crippen molar-refractivity contribution in [3.05, 3.63) is 12.2 Å². The number of hydrogen-bond acceptors (Lipinski definition) is 2. The predicted octanol–water partition coefficient (Wildman–Crippen LogP) is 0.897. The molecule has 0 aliphatic rings. The molecule has 11 heavy (non-hydrogen) atoms. The summed E-state index contributed by atoms with van der Waals surface area (Å²) in [7, 11) is 0. The quantitative estimate of drug-likeness (QED) is 0.373. The summed E-state index contributed by atoms with van der Waals surface area (Å²) >= 11 is 0. The lowest BCUT2D eigenvalue weighted by Crippen LogP contribution is -2.11. The van der Waals surface area contributed by atoms with Gasteiger partial charge in [-0.05, 0) is 32.9 Å². The van der Waals surface area contributed by atoms with Crippen LogP contribution in [0.25, 0.3) is 0 Å². The molecule has 0 aromatic carbocycles. The Kier molecular flexibility index (Phi) is 4.18. The summed E-state index contributed by atoms with van der Waals surface area (Å²) in [5, 5.41) is 0. The second-order valence-electron chi connectivity index (χ2n) is 2.59. The summed E-state index contributed by atoms with van der Waals surface area (Å²) in [6.07, 6.45) is 2.92. The molecule has 0 radical (unpaired) electrons. The maximum absolute atomic E-state index is 10.4. The maximum Gasteiger partial charge on any atom is 0.152 e. The third kappa shape index (κ3) is 6.77. The van der Waals surface area contributed by atoms with E-state index in [0.29, 0.717) is 5.84 Å². The Bertz CT molecular complexity index is 192. The van der Waals surface area contributed by atoms with E-state index >= 15 is 0 Å². The van der Waals surface area contributed by atoms with Crippen LogP contribution in [0.3, 0.4) is 0 Å². The van der Waals surface area contributed by atoms with Crippen molar-refractivity contribution in [1.29, 1.82) is 0 Å². The van der Waals surface area contributed by atoms with E-state index in [1.807, 2.05) is 13.8 Å². The van der Waals surface area contributed by atoms with E-state index in [2.05, 4.69) is 4.99 Å². The number of aliphatic imine (C=N–C) groups is 1. The number of carbonyl (C=O) groups excluding carboxylic acids is 1. The highest BCUT2D eigenvalue weighted by atomic mass is 16.1. The molecule has 0 saturated carbocycles. The summed E-state index contributed by atoms with van der Waals surface area (Å²) < 4.78 is 0. The summed E-state index contributed by atoms with van der Waals surface area (Å²) in [6.45, 7) is 5.32. The zero-order valence-electron chi connectivity index (χ0n) is 7.16. The first kappa shape index (κ1) is 9.88. The highest BCUT2D eigenvalue weighted by Gasteiger charge is 1.89. The lowest BCUT2D eigenvalue weighted by atomic mass is 10.3. The zero-order valence-corrected chi connectivity index (χ0v) is 7.16. The van der Waals surface area contributed by atoms with Gasteiger partial charge in [0.1, 0.15) is 5.84 Å². The minimum Gasteiger partial charge on any atom is -0.384 e. The van der Waals surface area contributed by atoms with Gasteiger partial charge in [0.05, 0.1) is 0 Å². The van der Waals surface area contributed by atoms with Gasteiger partial charge < -0.3 is 5.73 Å². The van der Waals surface area contributed by atoms with E-state index in [1.165, 1.54) is 19.1 Å². The molecule has 0 aromatic rings. The smallest absolute Gasteiger partial charge is 0.152 e. The molecule has 3 nitrogen and oxygen atoms in total. The summed E-state index contributed by atoms with van der Waals surface area (Å²) in [4.78, 5) is 14.4. The molecule has 0 unspecified atom stereocenters. The van der Waals surface area contributed by atoms with Crippen molar-refractivity contribution < 1.29 is 4.79 Å². The molecular formula is C8H14N2O. The van der Waals surface area contributed by atoms with Crippen molar-refractivity contribution in [3.63, 3.8) is 0 Å². The van der Waals surface area contributed by atoms with Crippen molar-refractivity contribution >= 4 is 11.6 Å². The van der Waals surface area contributed by atoms with Gasteiger partial charge in [-0.3, -0.25) is 9.79 Å². The van der Waals surface area contributed by atoms with Crippen molar-refractivity contribution in [2.45, 2.75) is 26.8 Å². The van der Waals surface area contributed by atoms with Crippen LogP contribution in [0.5, 0.6) is 0 Å². The first-order valence-corrected chi connectivity index (χ1v) is 3.54. The number of nitrogens with zero attached hydrogens (tertiary/aromatic N) is 1. The van der Waals surface area contributed by atoms with Gasteiger partial charge in [-0.2, -0.15) is 0 Å². The number of carbonyl (C=O) groups is 1. The van der Waals surface area contributed by atoms with Gasteiger partial charge >= 0.3 is 0 Å². The Hall–Kier alpha value is -1.12. The molecule has 0 amide bonds. The predicted molar refractivity (Wildman–Crippen MR) is 46.6 cm³/mol. The van der Waals surface area contributed by atoms with Crippen LogP contribution in [0, 0.1) is 0 Å². The molecule has 3 heteroatoms. The highest BCUT2D eigenvalue weighted by molar-refractivity contribution is 5.98. The van der Waals surface area contributed by atoms with Crippen molar-refractivity contribution in [2.75, 3.05) is 0 Å². The third-order valence-electron chi connectivity index (χ3n) is 0.896. The van der Waals surface area contributed by atoms with E-state index in [-0.39, 0.29) is 11.8 Å². The molecular weight excluding hydrogens is 140 g/mol. The molecule has 0 bridgehead atoms. The summed E-state index contributed by atoms with van der Waals surface area (Å²) in [5.41, 5.74) is 5.43. The van der Waals surface area contributed by atoms with Gasteiger partial charge in [0.15, 0.2) is 5.78 Å². The van der Waals surface area contributed by atoms with Gasteiger partial charge in [0.25, 0.3) is 0 Å². The molecule has 0 heterocycles. The number of hydrogen-bond donors (Lipinski definition) is 1. The van der Waals surface area contributed by atoms with Gasteiger partial charge in [-0.1, -0.05) is 0 Å². The number of rotatable bonds is 3. The second-order valence-corrected chi connectivity index (χ2v) is 2.59. The number of nitrogens with two attached hydrogens (primary N) is 1. The van der Waals surface area contributed by atoms with Crippen LogP contribution in [0.1, 0.15) is 20.8 Å². The molecule has 0 aliphatic heterocycles. The molecule has 0 aromatic heterocycles. The number of allylic oxidation sites excluding steroid dienone is 1. The minimum absolute atomic E-state index is 0.0214. The minimum atomic E-state index is -0.0214. The SMILES string of the molecule is CC(=O)/C=C/C(N)=NC(C)C. The average Bonchev–Trinajstić information content (AvgIpc) is 1.82. The lowest BCUT2D eigenvalue weighted by Gasteiger charge is -1.95. The van der Waals surface area contributed by atoms with Crippen LogP contribution in [0.4, 0.5) is 0 Å². The molecule has 0 rings (SSSR count). The largest absolute Gasteiger partial charge is 0.384 e. The summed E-state index contributed by atoms with van der Waals surface area (Å²) in [5.74, 6) is 0.377. The van der Waals surface area contributed by atoms with E-state index < -0.39 is 0 Å². The van der Waals surface area contributed by atoms with Crippen LogP contribution in [0.2, 0.25) is 0 Å². The molecule has 0 saturated heterocycles. The van der Waals surface area contributed by atoms with Crippen molar-refractivity contribution in [2.24, 2.45) is 10.7 Å². The Morgan fingerprint density at radius 1 is 1.45 bits per heavy atom. The first-order valence-electron chi connectivity index (χ1n) is 3.54. The second kappa shape index (κ2) is 4.66. The Balaban J connectivity index is 4.05. The molecule has 0 atom stereocenters. The fourth-order valence-electron chi connectivity index (χ4n) is 0.544. The van der Waals surface area contributed by atoms with Crippen LogP contribution < -0.4 is 5.73 Å². The standard InChI is InChI=1S/C8H14N2O/c1-6(2)10-8(9)5-4-7(3)11/h4-6H,1-3H3,(H2,9,10)/b5-4+. The van der Waals surface area contributed by atoms with E-state index in [9.17, 15) is 4.79 Å². The van der Waals surface area contributed by atoms with Gasteiger partial charge in [-0.25, -0.2) is 0 Å². The molecule has 0 spiro atoms. The molecule has 0 fully saturated rings. The molecule has 0 aliphatic carbocycles. The van der Waals surface area contributed by atoms with Crippen LogP contribution >= 0.6 is 0 Å². The Labute approximate surface area is 67.0 Å². The lowest BCUT2D eigenvalue weighted by molar-refractivity contribution is -0.112. The van der Waals surface area contributed by atoms with E-state index in [1.54, 1.807) is 0 Å². The third-order valence-corrected chi connectivity index (χ3v) is 0.896. The Morgan fingerprint density at radius 2 is 2.00 bits per heavy atom. The van der Waals surface area contributed by atoms with E-state index in [0.717, 1.165) is 0 Å². The van der Waals surface area contributed by atoms with Gasteiger partial charge in [0.2, 0.25) is 0 Å². The Morgan fingerprint density at radius 3 is 2.36 bits per heavy atom. The van der Waals surface area contributed by atoms with Crippen LogP contribution in [0.15, 0.2) is 17.1 Å². The van der Waals surface area contributed by atoms with E-state index in [4.69, 9.17) is 5.73 Å². The maximum atomic E-state index is 10.4. The fourth-order valence-corrected chi connectivity index (χ4v) is 0.544. The fraction of sp³-hybridized carbons (Fsp3) is 0.500. The van der Waals surface area contributed by atoms with Crippen molar-refractivity contribution in [1.82, 2.24) is 0 Å². The monoisotopic (exact) mass is 154 g/mol. The van der Waals surface area contributed by atoms with Crippen LogP contribution in [-0.4, -0.2) is 17.7 Å².